The lowest BCUT2D eigenvalue weighted by Crippen LogP contribution is -2.28. The monoisotopic (exact) mass is 388 g/mol. The molecule has 0 atom stereocenters. The summed E-state index contributed by atoms with van der Waals surface area (Å²) in [4.78, 5) is 0.447. The highest BCUT2D eigenvalue weighted by molar-refractivity contribution is 8.33. The molecule has 0 radical (unpaired) electrons. The van der Waals surface area contributed by atoms with Gasteiger partial charge in [0.05, 0.1) is 6.61 Å². The minimum absolute atomic E-state index is 0.162. The van der Waals surface area contributed by atoms with Crippen LogP contribution in [0.15, 0.2) is 29.2 Å². The van der Waals surface area contributed by atoms with Crippen molar-refractivity contribution in [3.8, 4) is 5.75 Å². The lowest BCUT2D eigenvalue weighted by atomic mass is 10.3. The Morgan fingerprint density at radius 3 is 1.96 bits per heavy atom. The second-order valence-electron chi connectivity index (χ2n) is 5.03. The summed E-state index contributed by atoms with van der Waals surface area (Å²) in [5, 5.41) is 0. The number of halogens is 3. The van der Waals surface area contributed by atoms with Crippen molar-refractivity contribution in [1.29, 1.82) is 0 Å². The summed E-state index contributed by atoms with van der Waals surface area (Å²) in [6.07, 6.45) is 1.88. The van der Waals surface area contributed by atoms with Crippen LogP contribution in [0, 0.1) is 0 Å². The maximum atomic E-state index is 12.7. The second kappa shape index (κ2) is 8.44. The number of alkyl halides is 3. The van der Waals surface area contributed by atoms with Gasteiger partial charge in [-0.2, -0.15) is 21.6 Å². The van der Waals surface area contributed by atoms with E-state index in [0.717, 1.165) is 12.8 Å². The van der Waals surface area contributed by atoms with Gasteiger partial charge in [-0.15, -0.1) is 0 Å². The van der Waals surface area contributed by atoms with Gasteiger partial charge in [0.25, 0.3) is 0 Å². The molecule has 0 heterocycles. The van der Waals surface area contributed by atoms with Crippen molar-refractivity contribution in [3.05, 3.63) is 24.3 Å². The molecule has 1 aromatic rings. The molecular formula is C15H23F3O4S2. The molecule has 140 valence electrons. The minimum Gasteiger partial charge on any atom is -0.494 e. The van der Waals surface area contributed by atoms with Gasteiger partial charge in [0.1, 0.15) is 5.75 Å². The Kier molecular flexibility index (Phi) is 7.43. The summed E-state index contributed by atoms with van der Waals surface area (Å²) >= 11 is 0. The molecule has 4 nitrogen and oxygen atoms in total. The van der Waals surface area contributed by atoms with Crippen LogP contribution in [-0.2, 0) is 13.7 Å². The largest absolute Gasteiger partial charge is 0.523 e. The SMILES string of the molecule is CCCCOc1ccc(S(CC)(CC)OS(=O)(=O)C(F)(F)F)cc1. The Balaban J connectivity index is 3.07. The van der Waals surface area contributed by atoms with E-state index >= 15 is 0 Å². The van der Waals surface area contributed by atoms with Crippen molar-refractivity contribution in [2.75, 3.05) is 18.1 Å². The molecule has 0 aliphatic heterocycles. The van der Waals surface area contributed by atoms with Gasteiger partial charge in [-0.05, 0) is 30.7 Å². The van der Waals surface area contributed by atoms with E-state index in [-0.39, 0.29) is 11.5 Å². The van der Waals surface area contributed by atoms with E-state index in [1.54, 1.807) is 38.1 Å². The topological polar surface area (TPSA) is 52.6 Å². The van der Waals surface area contributed by atoms with Crippen LogP contribution < -0.4 is 4.74 Å². The summed E-state index contributed by atoms with van der Waals surface area (Å²) in [7, 11) is -8.25. The smallest absolute Gasteiger partial charge is 0.494 e. The van der Waals surface area contributed by atoms with Crippen molar-refractivity contribution < 1.29 is 30.0 Å². The third-order valence-electron chi connectivity index (χ3n) is 3.46. The molecule has 0 saturated carbocycles. The van der Waals surface area contributed by atoms with E-state index in [0.29, 0.717) is 17.3 Å². The highest BCUT2D eigenvalue weighted by atomic mass is 32.3. The zero-order valence-corrected chi connectivity index (χ0v) is 15.6. The van der Waals surface area contributed by atoms with E-state index in [9.17, 15) is 21.6 Å². The van der Waals surface area contributed by atoms with Gasteiger partial charge in [0.2, 0.25) is 0 Å². The van der Waals surface area contributed by atoms with E-state index in [4.69, 9.17) is 8.37 Å². The lowest BCUT2D eigenvalue weighted by Gasteiger charge is -2.36. The Hall–Kier alpha value is -0.930. The molecule has 1 rings (SSSR count). The summed E-state index contributed by atoms with van der Waals surface area (Å²) in [5.41, 5.74) is -5.43. The first-order valence-electron chi connectivity index (χ1n) is 7.65. The van der Waals surface area contributed by atoms with Gasteiger partial charge < -0.3 is 4.74 Å². The minimum atomic E-state index is -5.65. The van der Waals surface area contributed by atoms with Crippen LogP contribution in [-0.4, -0.2) is 32.0 Å². The fraction of sp³-hybridized carbons (Fsp3) is 0.600. The highest BCUT2D eigenvalue weighted by Gasteiger charge is 2.50. The molecule has 0 aliphatic rings. The normalized spacial score (nSPS) is 13.8. The summed E-state index contributed by atoms with van der Waals surface area (Å²) < 4.78 is 71.1. The van der Waals surface area contributed by atoms with Crippen molar-refractivity contribution >= 4 is 20.4 Å². The van der Waals surface area contributed by atoms with Gasteiger partial charge >= 0.3 is 15.6 Å². The Bertz CT molecular complexity index is 609. The average molecular weight is 388 g/mol. The summed E-state index contributed by atoms with van der Waals surface area (Å²) in [5.74, 6) is 0.912. The first kappa shape index (κ1) is 21.1. The van der Waals surface area contributed by atoms with Gasteiger partial charge in [-0.1, -0.05) is 37.5 Å². The molecule has 9 heteroatoms. The first-order valence-corrected chi connectivity index (χ1v) is 11.0. The van der Waals surface area contributed by atoms with Crippen LogP contribution in [0.1, 0.15) is 33.6 Å². The Labute approximate surface area is 143 Å². The fourth-order valence-corrected chi connectivity index (χ4v) is 6.47. The number of unbranched alkanes of at least 4 members (excludes halogenated alkanes) is 1. The van der Waals surface area contributed by atoms with Crippen LogP contribution in [0.4, 0.5) is 13.2 Å². The standard InChI is InChI=1S/C15H23F3O4S2/c1-4-7-12-21-13-8-10-14(11-9-13)23(5-2,6-3)22-24(19,20)15(16,17)18/h8-11H,4-7,12H2,1-3H3. The number of rotatable bonds is 9. The summed E-state index contributed by atoms with van der Waals surface area (Å²) in [6, 6.07) is 6.41. The van der Waals surface area contributed by atoms with Gasteiger partial charge in [0.15, 0.2) is 0 Å². The van der Waals surface area contributed by atoms with E-state index in [1.165, 1.54) is 0 Å². The van der Waals surface area contributed by atoms with Crippen molar-refractivity contribution in [2.24, 2.45) is 0 Å². The van der Waals surface area contributed by atoms with Crippen LogP contribution >= 0.6 is 10.3 Å². The lowest BCUT2D eigenvalue weighted by molar-refractivity contribution is -0.0496. The van der Waals surface area contributed by atoms with Crippen LogP contribution in [0.3, 0.4) is 0 Å². The molecule has 0 aliphatic carbocycles. The molecule has 0 amide bonds. The number of hydrogen-bond acceptors (Lipinski definition) is 4. The Morgan fingerprint density at radius 1 is 1.00 bits per heavy atom. The molecular weight excluding hydrogens is 365 g/mol. The van der Waals surface area contributed by atoms with Crippen molar-refractivity contribution in [3.63, 3.8) is 0 Å². The molecule has 0 saturated heterocycles. The average Bonchev–Trinajstić information content (AvgIpc) is 2.52. The third kappa shape index (κ3) is 5.03. The van der Waals surface area contributed by atoms with Crippen molar-refractivity contribution in [2.45, 2.75) is 44.0 Å². The third-order valence-corrected chi connectivity index (χ3v) is 8.78. The van der Waals surface area contributed by atoms with Crippen LogP contribution in [0.25, 0.3) is 0 Å². The molecule has 24 heavy (non-hydrogen) atoms. The molecule has 0 bridgehead atoms. The number of benzene rings is 1. The number of hydrogen-bond donors (Lipinski definition) is 0. The van der Waals surface area contributed by atoms with E-state index in [1.807, 2.05) is 6.92 Å². The predicted molar refractivity (Wildman–Crippen MR) is 89.8 cm³/mol. The predicted octanol–water partition coefficient (Wildman–Crippen LogP) is 4.85. The molecule has 0 fully saturated rings. The van der Waals surface area contributed by atoms with E-state index in [2.05, 4.69) is 0 Å². The maximum absolute atomic E-state index is 12.7. The molecule has 0 aromatic heterocycles. The van der Waals surface area contributed by atoms with Gasteiger partial charge in [-0.25, -0.2) is 3.63 Å². The van der Waals surface area contributed by atoms with Crippen LogP contribution in [0.2, 0.25) is 0 Å². The zero-order chi connectivity index (χ0) is 18.4. The van der Waals surface area contributed by atoms with Gasteiger partial charge in [0, 0.05) is 16.4 Å². The zero-order valence-electron chi connectivity index (χ0n) is 13.9. The first-order chi connectivity index (χ1) is 11.1. The van der Waals surface area contributed by atoms with E-state index < -0.39 is 25.9 Å². The Morgan fingerprint density at radius 2 is 1.54 bits per heavy atom. The highest BCUT2D eigenvalue weighted by Crippen LogP contribution is 2.59. The molecule has 0 N–H and O–H groups in total. The second-order valence-corrected chi connectivity index (χ2v) is 10.2. The molecule has 0 spiro atoms. The maximum Gasteiger partial charge on any atom is 0.523 e. The van der Waals surface area contributed by atoms with Crippen LogP contribution in [0.5, 0.6) is 5.75 Å². The van der Waals surface area contributed by atoms with Crippen molar-refractivity contribution in [1.82, 2.24) is 0 Å². The molecule has 0 unspecified atom stereocenters. The molecule has 1 aromatic carbocycles. The summed E-state index contributed by atoms with van der Waals surface area (Å²) in [6.45, 7) is 5.83. The number of ether oxygens (including phenoxy) is 1. The van der Waals surface area contributed by atoms with Gasteiger partial charge in [-0.3, -0.25) is 0 Å². The quantitative estimate of drug-likeness (QED) is 0.448. The fourth-order valence-electron chi connectivity index (χ4n) is 2.00.